The molecule has 3 rings (SSSR count). The molecule has 0 aliphatic heterocycles. The zero-order chi connectivity index (χ0) is 18.2. The highest BCUT2D eigenvalue weighted by Gasteiger charge is 2.57. The Hall–Kier alpha value is -2.91. The summed E-state index contributed by atoms with van der Waals surface area (Å²) in [6.45, 7) is 4.64. The third-order valence-electron chi connectivity index (χ3n) is 5.70. The molecule has 1 fully saturated rings. The predicted molar refractivity (Wildman–Crippen MR) is 91.3 cm³/mol. The summed E-state index contributed by atoms with van der Waals surface area (Å²) in [4.78, 5) is 0. The number of rotatable bonds is 2. The van der Waals surface area contributed by atoms with Gasteiger partial charge in [-0.15, -0.1) is 0 Å². The van der Waals surface area contributed by atoms with Crippen molar-refractivity contribution in [2.45, 2.75) is 45.6 Å². The van der Waals surface area contributed by atoms with Crippen molar-refractivity contribution in [3.8, 4) is 18.2 Å². The minimum Gasteiger partial charge on any atom is -0.305 e. The Balaban J connectivity index is 2.27. The van der Waals surface area contributed by atoms with Gasteiger partial charge in [-0.05, 0) is 50.2 Å². The molecule has 0 saturated heterocycles. The second kappa shape index (κ2) is 6.19. The summed E-state index contributed by atoms with van der Waals surface area (Å²) in [5.74, 6) is -1.30. The smallest absolute Gasteiger partial charge is 0.189 e. The van der Waals surface area contributed by atoms with Crippen molar-refractivity contribution in [3.05, 3.63) is 29.1 Å². The van der Waals surface area contributed by atoms with Crippen molar-refractivity contribution >= 4 is 5.71 Å². The molecule has 0 bridgehead atoms. The van der Waals surface area contributed by atoms with Crippen LogP contribution in [0.1, 0.15) is 43.4 Å². The molecule has 0 aromatic carbocycles. The summed E-state index contributed by atoms with van der Waals surface area (Å²) in [6, 6.07) is 6.40. The fraction of sp³-hybridized carbons (Fsp3) is 0.526. The molecule has 1 aromatic rings. The zero-order valence-electron chi connectivity index (χ0n) is 14.5. The lowest BCUT2D eigenvalue weighted by atomic mass is 9.53. The number of allylic oxidation sites excluding steroid dienone is 2. The van der Waals surface area contributed by atoms with E-state index in [2.05, 4.69) is 23.3 Å². The molecule has 1 N–H and O–H groups in total. The molecule has 2 aliphatic rings. The molecule has 6 nitrogen and oxygen atoms in total. The molecule has 126 valence electrons. The molecule has 3 atom stereocenters. The Morgan fingerprint density at radius 1 is 1.36 bits per heavy atom. The van der Waals surface area contributed by atoms with Crippen molar-refractivity contribution in [1.82, 2.24) is 9.78 Å². The van der Waals surface area contributed by atoms with E-state index < -0.39 is 17.3 Å². The molecule has 0 amide bonds. The van der Waals surface area contributed by atoms with Crippen molar-refractivity contribution in [2.24, 2.45) is 17.3 Å². The van der Waals surface area contributed by atoms with E-state index in [4.69, 9.17) is 5.41 Å². The average Bonchev–Trinajstić information content (AvgIpc) is 3.01. The van der Waals surface area contributed by atoms with Crippen molar-refractivity contribution in [3.63, 3.8) is 0 Å². The maximum atomic E-state index is 9.93. The van der Waals surface area contributed by atoms with Crippen LogP contribution in [-0.4, -0.2) is 15.5 Å². The standard InChI is InChI=1S/C19H20N6/c1-3-25-12(2)16(9-24-25)17-14-7-5-4-6-13(14)15(8-20)18(23)19(17,10-21)11-22/h6,9,14-15,17,23H,3-5,7H2,1-2H3/t14-,15+,17-/m1/s1. The molecule has 1 aromatic heterocycles. The fourth-order valence-corrected chi connectivity index (χ4v) is 4.44. The quantitative estimate of drug-likeness (QED) is 0.837. The monoisotopic (exact) mass is 332 g/mol. The highest BCUT2D eigenvalue weighted by molar-refractivity contribution is 6.00. The SMILES string of the molecule is CCn1ncc([C@H]2[C@@H]3CCCC=C3[C@H](C#N)C(=N)C2(C#N)C#N)c1C. The number of hydrogen-bond acceptors (Lipinski definition) is 5. The lowest BCUT2D eigenvalue weighted by Crippen LogP contribution is -2.48. The number of nitrogens with zero attached hydrogens (tertiary/aromatic N) is 5. The zero-order valence-corrected chi connectivity index (χ0v) is 14.5. The number of aryl methyl sites for hydroxylation is 1. The van der Waals surface area contributed by atoms with E-state index in [0.29, 0.717) is 6.54 Å². The van der Waals surface area contributed by atoms with Gasteiger partial charge in [-0.3, -0.25) is 4.68 Å². The van der Waals surface area contributed by atoms with Crippen LogP contribution in [0, 0.1) is 63.6 Å². The lowest BCUT2D eigenvalue weighted by Gasteiger charge is -2.45. The van der Waals surface area contributed by atoms with Gasteiger partial charge in [0.05, 0.1) is 30.1 Å². The Labute approximate surface area is 147 Å². The third-order valence-corrected chi connectivity index (χ3v) is 5.70. The molecule has 0 radical (unpaired) electrons. The Bertz CT molecular complexity index is 855. The summed E-state index contributed by atoms with van der Waals surface area (Å²) in [5, 5.41) is 42.4. The first-order valence-corrected chi connectivity index (χ1v) is 8.59. The number of nitriles is 3. The first-order chi connectivity index (χ1) is 12.1. The second-order valence-electron chi connectivity index (χ2n) is 6.73. The van der Waals surface area contributed by atoms with Crippen LogP contribution in [0.15, 0.2) is 17.8 Å². The Morgan fingerprint density at radius 2 is 2.08 bits per heavy atom. The molecule has 25 heavy (non-hydrogen) atoms. The van der Waals surface area contributed by atoms with Gasteiger partial charge >= 0.3 is 0 Å². The molecule has 1 heterocycles. The molecular formula is C19H20N6. The fourth-order valence-electron chi connectivity index (χ4n) is 4.44. The predicted octanol–water partition coefficient (Wildman–Crippen LogP) is 3.23. The van der Waals surface area contributed by atoms with E-state index in [1.54, 1.807) is 6.20 Å². The normalized spacial score (nSPS) is 27.4. The van der Waals surface area contributed by atoms with Gasteiger partial charge in [-0.25, -0.2) is 0 Å². The van der Waals surface area contributed by atoms with Gasteiger partial charge in [-0.1, -0.05) is 6.08 Å². The Kier molecular flexibility index (Phi) is 4.19. The van der Waals surface area contributed by atoms with Crippen LogP contribution in [-0.2, 0) is 6.54 Å². The van der Waals surface area contributed by atoms with E-state index in [-0.39, 0.29) is 11.6 Å². The van der Waals surface area contributed by atoms with Gasteiger partial charge in [0.25, 0.3) is 0 Å². The van der Waals surface area contributed by atoms with Gasteiger partial charge < -0.3 is 5.41 Å². The van der Waals surface area contributed by atoms with Crippen molar-refractivity contribution in [2.75, 3.05) is 0 Å². The van der Waals surface area contributed by atoms with Crippen LogP contribution >= 0.6 is 0 Å². The van der Waals surface area contributed by atoms with Gasteiger partial charge in [0, 0.05) is 18.2 Å². The highest BCUT2D eigenvalue weighted by Crippen LogP contribution is 2.55. The Morgan fingerprint density at radius 3 is 2.64 bits per heavy atom. The van der Waals surface area contributed by atoms with Crippen LogP contribution in [0.3, 0.4) is 0 Å². The van der Waals surface area contributed by atoms with E-state index >= 15 is 0 Å². The van der Waals surface area contributed by atoms with Crippen LogP contribution in [0.5, 0.6) is 0 Å². The van der Waals surface area contributed by atoms with E-state index in [9.17, 15) is 15.8 Å². The van der Waals surface area contributed by atoms with E-state index in [1.807, 2.05) is 24.6 Å². The molecule has 6 heteroatoms. The van der Waals surface area contributed by atoms with Crippen molar-refractivity contribution in [1.29, 1.82) is 21.2 Å². The number of aromatic nitrogens is 2. The van der Waals surface area contributed by atoms with E-state index in [1.165, 1.54) is 0 Å². The highest BCUT2D eigenvalue weighted by atomic mass is 15.3. The molecule has 2 aliphatic carbocycles. The van der Waals surface area contributed by atoms with Gasteiger partial charge in [-0.2, -0.15) is 20.9 Å². The largest absolute Gasteiger partial charge is 0.305 e. The molecule has 0 spiro atoms. The lowest BCUT2D eigenvalue weighted by molar-refractivity contribution is 0.319. The molecule has 0 unspecified atom stereocenters. The third kappa shape index (κ3) is 2.20. The van der Waals surface area contributed by atoms with E-state index in [0.717, 1.165) is 36.1 Å². The number of fused-ring (bicyclic) bond motifs is 1. The summed E-state index contributed by atoms with van der Waals surface area (Å²) in [6.07, 6.45) is 6.44. The molecule has 1 saturated carbocycles. The number of hydrogen-bond donors (Lipinski definition) is 1. The van der Waals surface area contributed by atoms with Gasteiger partial charge in [0.15, 0.2) is 5.41 Å². The van der Waals surface area contributed by atoms with Crippen LogP contribution < -0.4 is 0 Å². The summed E-state index contributed by atoms with van der Waals surface area (Å²) >= 11 is 0. The maximum Gasteiger partial charge on any atom is 0.189 e. The van der Waals surface area contributed by atoms with Crippen LogP contribution in [0.4, 0.5) is 0 Å². The minimum absolute atomic E-state index is 0.0694. The summed E-state index contributed by atoms with van der Waals surface area (Å²) in [5.41, 5.74) is 0.984. The summed E-state index contributed by atoms with van der Waals surface area (Å²) < 4.78 is 1.85. The first kappa shape index (κ1) is 16.9. The van der Waals surface area contributed by atoms with Crippen LogP contribution in [0.25, 0.3) is 0 Å². The first-order valence-electron chi connectivity index (χ1n) is 8.59. The number of nitrogens with one attached hydrogen (secondary N) is 1. The minimum atomic E-state index is -1.62. The van der Waals surface area contributed by atoms with Crippen molar-refractivity contribution < 1.29 is 0 Å². The van der Waals surface area contributed by atoms with Crippen LogP contribution in [0.2, 0.25) is 0 Å². The topological polar surface area (TPSA) is 113 Å². The van der Waals surface area contributed by atoms with Gasteiger partial charge in [0.1, 0.15) is 5.92 Å². The van der Waals surface area contributed by atoms with Gasteiger partial charge in [0.2, 0.25) is 0 Å². The average molecular weight is 332 g/mol. The maximum absolute atomic E-state index is 9.93. The summed E-state index contributed by atoms with van der Waals surface area (Å²) in [7, 11) is 0. The molecular weight excluding hydrogens is 312 g/mol. The second-order valence-corrected chi connectivity index (χ2v) is 6.73.